The molecule has 1 atom stereocenters. The predicted octanol–water partition coefficient (Wildman–Crippen LogP) is 1.02. The highest BCUT2D eigenvalue weighted by molar-refractivity contribution is 7.99. The summed E-state index contributed by atoms with van der Waals surface area (Å²) in [6.45, 7) is 2.45. The number of methoxy groups -OCH3 is 1. The molecule has 1 aromatic carbocycles. The van der Waals surface area contributed by atoms with E-state index in [-0.39, 0.29) is 17.6 Å². The fourth-order valence-electron chi connectivity index (χ4n) is 1.50. The van der Waals surface area contributed by atoms with Crippen molar-refractivity contribution in [1.29, 1.82) is 0 Å². The van der Waals surface area contributed by atoms with Crippen LogP contribution in [0.15, 0.2) is 24.3 Å². The first-order chi connectivity index (χ1) is 9.54. The van der Waals surface area contributed by atoms with Crippen LogP contribution >= 0.6 is 11.8 Å². The largest absolute Gasteiger partial charge is 0.468 e. The summed E-state index contributed by atoms with van der Waals surface area (Å²) in [6, 6.07) is 6.89. The van der Waals surface area contributed by atoms with Gasteiger partial charge in [0.05, 0.1) is 12.9 Å². The number of carbonyl (C=O) groups is 2. The lowest BCUT2D eigenvalue weighted by Gasteiger charge is -2.12. The van der Waals surface area contributed by atoms with Gasteiger partial charge in [0.25, 0.3) is 0 Å². The van der Waals surface area contributed by atoms with Crippen LogP contribution in [0.1, 0.15) is 17.2 Å². The third kappa shape index (κ3) is 5.63. The number of esters is 1. The third-order valence-corrected chi connectivity index (χ3v) is 3.64. The molecule has 0 bridgehead atoms. The van der Waals surface area contributed by atoms with Gasteiger partial charge in [-0.05, 0) is 12.5 Å². The summed E-state index contributed by atoms with van der Waals surface area (Å²) < 4.78 is 4.52. The summed E-state index contributed by atoms with van der Waals surface area (Å²) in [4.78, 5) is 22.7. The van der Waals surface area contributed by atoms with E-state index in [1.54, 1.807) is 0 Å². The van der Waals surface area contributed by atoms with Crippen LogP contribution in [0.25, 0.3) is 0 Å². The highest BCUT2D eigenvalue weighted by Crippen LogP contribution is 2.11. The quantitative estimate of drug-likeness (QED) is 0.580. The van der Waals surface area contributed by atoms with Crippen LogP contribution in [0.4, 0.5) is 0 Å². The van der Waals surface area contributed by atoms with Crippen LogP contribution in [-0.2, 0) is 14.3 Å². The van der Waals surface area contributed by atoms with E-state index in [0.29, 0.717) is 12.3 Å². The summed E-state index contributed by atoms with van der Waals surface area (Å²) >= 11 is 1.41. The molecular formula is C14H20N2O3S. The Morgan fingerprint density at radius 2 is 2.00 bits per heavy atom. The number of hydrogen-bond acceptors (Lipinski definition) is 5. The maximum Gasteiger partial charge on any atom is 0.315 e. The number of benzene rings is 1. The number of carbonyl (C=O) groups excluding carboxylic acids is 2. The number of amides is 1. The van der Waals surface area contributed by atoms with E-state index < -0.39 is 6.04 Å². The van der Waals surface area contributed by atoms with Crippen molar-refractivity contribution >= 4 is 23.6 Å². The molecule has 0 heterocycles. The lowest BCUT2D eigenvalue weighted by atomic mass is 10.1. The number of nitrogens with two attached hydrogens (primary N) is 1. The number of nitrogens with one attached hydrogen (secondary N) is 1. The Morgan fingerprint density at radius 1 is 1.35 bits per heavy atom. The Balaban J connectivity index is 2.28. The van der Waals surface area contributed by atoms with E-state index in [1.165, 1.54) is 18.9 Å². The minimum Gasteiger partial charge on any atom is -0.468 e. The summed E-state index contributed by atoms with van der Waals surface area (Å²) in [6.07, 6.45) is 0. The maximum atomic E-state index is 11.8. The Morgan fingerprint density at radius 3 is 2.60 bits per heavy atom. The van der Waals surface area contributed by atoms with Crippen molar-refractivity contribution in [2.75, 3.05) is 25.2 Å². The summed E-state index contributed by atoms with van der Waals surface area (Å²) in [7, 11) is 1.35. The highest BCUT2D eigenvalue weighted by atomic mass is 32.2. The third-order valence-electron chi connectivity index (χ3n) is 2.71. The first-order valence-corrected chi connectivity index (χ1v) is 7.44. The highest BCUT2D eigenvalue weighted by Gasteiger charge is 2.14. The molecule has 20 heavy (non-hydrogen) atoms. The van der Waals surface area contributed by atoms with Crippen molar-refractivity contribution in [3.63, 3.8) is 0 Å². The Bertz CT molecular complexity index is 448. The van der Waals surface area contributed by atoms with Crippen molar-refractivity contribution in [1.82, 2.24) is 5.32 Å². The Kier molecular flexibility index (Phi) is 7.11. The van der Waals surface area contributed by atoms with Gasteiger partial charge >= 0.3 is 5.97 Å². The first kappa shape index (κ1) is 16.5. The first-order valence-electron chi connectivity index (χ1n) is 6.29. The van der Waals surface area contributed by atoms with E-state index in [2.05, 4.69) is 10.1 Å². The summed E-state index contributed by atoms with van der Waals surface area (Å²) in [5.41, 5.74) is 7.79. The average Bonchev–Trinajstić information content (AvgIpc) is 2.46. The van der Waals surface area contributed by atoms with Crippen LogP contribution in [0.3, 0.4) is 0 Å². The molecule has 6 heteroatoms. The number of thioether (sulfide) groups is 1. The molecule has 0 fully saturated rings. The number of rotatable bonds is 7. The van der Waals surface area contributed by atoms with Crippen molar-refractivity contribution in [2.45, 2.75) is 13.0 Å². The zero-order valence-electron chi connectivity index (χ0n) is 11.7. The molecule has 1 unspecified atom stereocenters. The lowest BCUT2D eigenvalue weighted by molar-refractivity contribution is -0.137. The molecule has 0 aromatic heterocycles. The second-order valence-electron chi connectivity index (χ2n) is 4.31. The number of ether oxygens (including phenoxy) is 1. The van der Waals surface area contributed by atoms with Gasteiger partial charge in [-0.2, -0.15) is 0 Å². The van der Waals surface area contributed by atoms with Crippen LogP contribution in [0, 0.1) is 6.92 Å². The van der Waals surface area contributed by atoms with E-state index in [0.717, 1.165) is 11.1 Å². The molecule has 1 amide bonds. The molecule has 0 radical (unpaired) electrons. The molecule has 0 aliphatic heterocycles. The van der Waals surface area contributed by atoms with Gasteiger partial charge in [0.15, 0.2) is 0 Å². The van der Waals surface area contributed by atoms with Gasteiger partial charge in [-0.3, -0.25) is 9.59 Å². The molecule has 0 saturated carbocycles. The molecule has 1 rings (SSSR count). The van der Waals surface area contributed by atoms with E-state index in [4.69, 9.17) is 5.73 Å². The van der Waals surface area contributed by atoms with Gasteiger partial charge in [-0.25, -0.2) is 0 Å². The molecular weight excluding hydrogens is 276 g/mol. The van der Waals surface area contributed by atoms with Gasteiger partial charge < -0.3 is 15.8 Å². The van der Waals surface area contributed by atoms with Crippen molar-refractivity contribution in [2.24, 2.45) is 5.73 Å². The van der Waals surface area contributed by atoms with Crippen molar-refractivity contribution in [3.05, 3.63) is 35.4 Å². The summed E-state index contributed by atoms with van der Waals surface area (Å²) in [5.74, 6) is 0.447. The van der Waals surface area contributed by atoms with Gasteiger partial charge in [0.2, 0.25) is 5.91 Å². The number of aryl methyl sites for hydroxylation is 1. The molecule has 110 valence electrons. The molecule has 5 nitrogen and oxygen atoms in total. The minimum atomic E-state index is -0.666. The Hall–Kier alpha value is -1.53. The summed E-state index contributed by atoms with van der Waals surface area (Å²) in [5, 5.41) is 2.75. The molecule has 1 aromatic rings. The van der Waals surface area contributed by atoms with Gasteiger partial charge in [0.1, 0.15) is 6.04 Å². The average molecular weight is 296 g/mol. The second kappa shape index (κ2) is 8.60. The fraction of sp³-hybridized carbons (Fsp3) is 0.429. The smallest absolute Gasteiger partial charge is 0.315 e. The van der Waals surface area contributed by atoms with E-state index in [1.807, 2.05) is 31.2 Å². The maximum absolute atomic E-state index is 11.8. The van der Waals surface area contributed by atoms with Gasteiger partial charge in [-0.1, -0.05) is 29.8 Å². The zero-order chi connectivity index (χ0) is 15.0. The standard InChI is InChI=1S/C14H20N2O3S/c1-10-3-5-11(6-4-10)13(15)14(18)16-7-8-20-9-12(17)19-2/h3-6,13H,7-9,15H2,1-2H3,(H,16,18). The predicted molar refractivity (Wildman–Crippen MR) is 80.5 cm³/mol. The Labute approximate surface area is 123 Å². The molecule has 0 aliphatic rings. The normalized spacial score (nSPS) is 11.8. The second-order valence-corrected chi connectivity index (χ2v) is 5.41. The van der Waals surface area contributed by atoms with Gasteiger partial charge in [-0.15, -0.1) is 11.8 Å². The molecule has 0 saturated heterocycles. The lowest BCUT2D eigenvalue weighted by Crippen LogP contribution is -2.35. The SMILES string of the molecule is COC(=O)CSCCNC(=O)C(N)c1ccc(C)cc1. The van der Waals surface area contributed by atoms with Crippen molar-refractivity contribution < 1.29 is 14.3 Å². The fourth-order valence-corrected chi connectivity index (χ4v) is 2.17. The monoisotopic (exact) mass is 296 g/mol. The van der Waals surface area contributed by atoms with Crippen molar-refractivity contribution in [3.8, 4) is 0 Å². The zero-order valence-corrected chi connectivity index (χ0v) is 12.5. The molecule has 3 N–H and O–H groups in total. The van der Waals surface area contributed by atoms with Crippen LogP contribution in [-0.4, -0.2) is 37.0 Å². The van der Waals surface area contributed by atoms with E-state index in [9.17, 15) is 9.59 Å². The topological polar surface area (TPSA) is 81.4 Å². The van der Waals surface area contributed by atoms with Gasteiger partial charge in [0, 0.05) is 12.3 Å². The van der Waals surface area contributed by atoms with E-state index >= 15 is 0 Å². The van der Waals surface area contributed by atoms with Crippen LogP contribution in [0.5, 0.6) is 0 Å². The molecule has 0 aliphatic carbocycles. The molecule has 0 spiro atoms. The number of hydrogen-bond donors (Lipinski definition) is 2. The van der Waals surface area contributed by atoms with Crippen LogP contribution < -0.4 is 11.1 Å². The van der Waals surface area contributed by atoms with Crippen LogP contribution in [0.2, 0.25) is 0 Å². The minimum absolute atomic E-state index is 0.215.